The average molecular weight is 405 g/mol. The maximum atomic E-state index is 13.5. The Labute approximate surface area is 138 Å². The predicted molar refractivity (Wildman–Crippen MR) is 83.2 cm³/mol. The summed E-state index contributed by atoms with van der Waals surface area (Å²) in [5.41, 5.74) is 3.81. The zero-order valence-electron chi connectivity index (χ0n) is 11.2. The summed E-state index contributed by atoms with van der Waals surface area (Å²) in [5.74, 6) is -3.48. The minimum absolute atomic E-state index is 0.372. The second-order valence-corrected chi connectivity index (χ2v) is 7.00. The van der Waals surface area contributed by atoms with Gasteiger partial charge in [-0.05, 0) is 24.3 Å². The van der Waals surface area contributed by atoms with Crippen LogP contribution in [-0.4, -0.2) is 24.5 Å². The highest BCUT2D eigenvalue weighted by atomic mass is 79.9. The number of phenolic OH excluding ortho intramolecular Hbond substituents is 1. The highest BCUT2D eigenvalue weighted by Gasteiger charge is 2.23. The molecule has 10 heteroatoms. The minimum atomic E-state index is -4.36. The molecule has 2 rings (SSSR count). The molecule has 0 radical (unpaired) electrons. The van der Waals surface area contributed by atoms with E-state index >= 15 is 0 Å². The first-order chi connectivity index (χ1) is 10.6. The van der Waals surface area contributed by atoms with Gasteiger partial charge in [-0.1, -0.05) is 15.9 Å². The Hall–Kier alpha value is -2.33. The van der Waals surface area contributed by atoms with E-state index in [1.54, 1.807) is 0 Å². The molecule has 5 N–H and O–H groups in total. The number of anilines is 1. The Morgan fingerprint density at radius 3 is 2.48 bits per heavy atom. The normalized spacial score (nSPS) is 11.2. The van der Waals surface area contributed by atoms with Gasteiger partial charge in [0.2, 0.25) is 0 Å². The van der Waals surface area contributed by atoms with Crippen LogP contribution in [0.4, 0.5) is 10.1 Å². The van der Waals surface area contributed by atoms with Crippen LogP contribution in [0.2, 0.25) is 0 Å². The lowest BCUT2D eigenvalue weighted by Gasteiger charge is -2.12. The highest BCUT2D eigenvalue weighted by molar-refractivity contribution is 9.10. The number of rotatable bonds is 4. The molecule has 122 valence electrons. The van der Waals surface area contributed by atoms with Crippen LogP contribution in [0.25, 0.3) is 0 Å². The maximum absolute atomic E-state index is 13.5. The van der Waals surface area contributed by atoms with Gasteiger partial charge in [0.1, 0.15) is 16.5 Å². The third-order valence-corrected chi connectivity index (χ3v) is 4.68. The molecule has 7 nitrogen and oxygen atoms in total. The van der Waals surface area contributed by atoms with Crippen molar-refractivity contribution < 1.29 is 27.8 Å². The number of carbonyl (C=O) groups is 1. The van der Waals surface area contributed by atoms with Crippen molar-refractivity contribution in [2.75, 3.05) is 4.72 Å². The van der Waals surface area contributed by atoms with Crippen molar-refractivity contribution in [3.05, 3.63) is 46.2 Å². The Morgan fingerprint density at radius 1 is 1.22 bits per heavy atom. The van der Waals surface area contributed by atoms with E-state index in [1.165, 1.54) is 6.07 Å². The molecule has 0 aromatic heterocycles. The van der Waals surface area contributed by atoms with Gasteiger partial charge in [-0.25, -0.2) is 12.8 Å². The first kappa shape index (κ1) is 17.0. The van der Waals surface area contributed by atoms with Crippen LogP contribution in [0.5, 0.6) is 11.5 Å². The summed E-state index contributed by atoms with van der Waals surface area (Å²) < 4.78 is 40.3. The van der Waals surface area contributed by atoms with Gasteiger partial charge >= 0.3 is 0 Å². The van der Waals surface area contributed by atoms with Gasteiger partial charge in [0.05, 0.1) is 11.3 Å². The number of phenols is 2. The number of aromatic hydroxyl groups is 2. The van der Waals surface area contributed by atoms with Crippen LogP contribution in [0.15, 0.2) is 39.7 Å². The van der Waals surface area contributed by atoms with Gasteiger partial charge in [0, 0.05) is 10.5 Å². The summed E-state index contributed by atoms with van der Waals surface area (Å²) in [5, 5.41) is 19.5. The molecule has 0 aliphatic heterocycles. The topological polar surface area (TPSA) is 130 Å². The average Bonchev–Trinajstić information content (AvgIpc) is 2.44. The SMILES string of the molecule is NC(=O)c1cc(F)cc(NS(=O)(=O)c2cc(Br)ccc2O)c1O. The number of halogens is 2. The lowest BCUT2D eigenvalue weighted by molar-refractivity contribution is 0.0997. The highest BCUT2D eigenvalue weighted by Crippen LogP contribution is 2.33. The molecule has 0 fully saturated rings. The molecular weight excluding hydrogens is 395 g/mol. The van der Waals surface area contributed by atoms with Crippen molar-refractivity contribution in [2.45, 2.75) is 4.90 Å². The molecule has 0 bridgehead atoms. The fourth-order valence-corrected chi connectivity index (χ4v) is 3.46. The van der Waals surface area contributed by atoms with Crippen molar-refractivity contribution >= 4 is 37.5 Å². The molecule has 2 aromatic carbocycles. The lowest BCUT2D eigenvalue weighted by atomic mass is 10.1. The van der Waals surface area contributed by atoms with Gasteiger partial charge < -0.3 is 15.9 Å². The van der Waals surface area contributed by atoms with Crippen molar-refractivity contribution in [3.63, 3.8) is 0 Å². The molecule has 0 saturated carbocycles. The number of nitrogens with two attached hydrogens (primary N) is 1. The van der Waals surface area contributed by atoms with E-state index in [9.17, 15) is 27.8 Å². The third kappa shape index (κ3) is 3.54. The largest absolute Gasteiger partial charge is 0.507 e. The molecule has 0 spiro atoms. The number of sulfonamides is 1. The number of benzene rings is 2. The monoisotopic (exact) mass is 404 g/mol. The molecule has 0 aliphatic carbocycles. The molecule has 23 heavy (non-hydrogen) atoms. The van der Waals surface area contributed by atoms with Crippen LogP contribution in [0.1, 0.15) is 10.4 Å². The maximum Gasteiger partial charge on any atom is 0.265 e. The van der Waals surface area contributed by atoms with Gasteiger partial charge in [-0.3, -0.25) is 9.52 Å². The molecule has 0 heterocycles. The number of primary amides is 1. The van der Waals surface area contributed by atoms with Crippen molar-refractivity contribution in [1.29, 1.82) is 0 Å². The molecule has 0 saturated heterocycles. The fourth-order valence-electron chi connectivity index (χ4n) is 1.77. The van der Waals surface area contributed by atoms with Crippen LogP contribution < -0.4 is 10.5 Å². The lowest BCUT2D eigenvalue weighted by Crippen LogP contribution is -2.16. The van der Waals surface area contributed by atoms with Crippen LogP contribution >= 0.6 is 15.9 Å². The number of hydrogen-bond donors (Lipinski definition) is 4. The second kappa shape index (κ2) is 6.05. The molecule has 0 unspecified atom stereocenters. The quantitative estimate of drug-likeness (QED) is 0.578. The minimum Gasteiger partial charge on any atom is -0.507 e. The van der Waals surface area contributed by atoms with Crippen LogP contribution in [-0.2, 0) is 10.0 Å². The van der Waals surface area contributed by atoms with Crippen molar-refractivity contribution in [2.24, 2.45) is 5.73 Å². The third-order valence-electron chi connectivity index (χ3n) is 2.80. The molecule has 0 atom stereocenters. The van der Waals surface area contributed by atoms with Crippen molar-refractivity contribution in [1.82, 2.24) is 0 Å². The smallest absolute Gasteiger partial charge is 0.265 e. The van der Waals surface area contributed by atoms with Gasteiger partial charge in [0.15, 0.2) is 5.75 Å². The zero-order chi connectivity index (χ0) is 17.4. The second-order valence-electron chi connectivity index (χ2n) is 4.43. The van der Waals surface area contributed by atoms with E-state index in [0.717, 1.165) is 12.1 Å². The van der Waals surface area contributed by atoms with Crippen LogP contribution in [0.3, 0.4) is 0 Å². The zero-order valence-corrected chi connectivity index (χ0v) is 13.6. The van der Waals surface area contributed by atoms with Crippen LogP contribution in [0, 0.1) is 5.82 Å². The van der Waals surface area contributed by atoms with Crippen molar-refractivity contribution in [3.8, 4) is 11.5 Å². The number of nitrogens with one attached hydrogen (secondary N) is 1. The van der Waals surface area contributed by atoms with Gasteiger partial charge in [0.25, 0.3) is 15.9 Å². The predicted octanol–water partition coefficient (Wildman–Crippen LogP) is 1.90. The Balaban J connectivity index is 2.54. The Morgan fingerprint density at radius 2 is 1.87 bits per heavy atom. The molecule has 2 aromatic rings. The first-order valence-electron chi connectivity index (χ1n) is 5.95. The van der Waals surface area contributed by atoms with E-state index in [4.69, 9.17) is 5.73 Å². The summed E-state index contributed by atoms with van der Waals surface area (Å²) in [6.45, 7) is 0. The van der Waals surface area contributed by atoms with Gasteiger partial charge in [-0.15, -0.1) is 0 Å². The van der Waals surface area contributed by atoms with E-state index in [2.05, 4.69) is 15.9 Å². The van der Waals surface area contributed by atoms with E-state index in [0.29, 0.717) is 16.6 Å². The Kier molecular flexibility index (Phi) is 4.48. The fraction of sp³-hybridized carbons (Fsp3) is 0. The number of amides is 1. The van der Waals surface area contributed by atoms with E-state index in [1.807, 2.05) is 4.72 Å². The molecule has 0 aliphatic rings. The standard InChI is InChI=1S/C13H10BrFN2O5S/c14-6-1-2-10(18)11(3-6)23(21,22)17-9-5-7(15)4-8(12(9)19)13(16)20/h1-5,17-19H,(H2,16,20). The molecular formula is C13H10BrFN2O5S. The molecule has 1 amide bonds. The number of hydrogen-bond acceptors (Lipinski definition) is 5. The summed E-state index contributed by atoms with van der Waals surface area (Å²) in [4.78, 5) is 10.6. The van der Waals surface area contributed by atoms with Gasteiger partial charge in [-0.2, -0.15) is 0 Å². The number of carbonyl (C=O) groups excluding carboxylic acids is 1. The summed E-state index contributed by atoms with van der Waals surface area (Å²) in [6.07, 6.45) is 0. The summed E-state index contributed by atoms with van der Waals surface area (Å²) >= 11 is 3.06. The van der Waals surface area contributed by atoms with E-state index < -0.39 is 49.4 Å². The first-order valence-corrected chi connectivity index (χ1v) is 8.23. The summed E-state index contributed by atoms with van der Waals surface area (Å²) in [7, 11) is -4.36. The Bertz CT molecular complexity index is 901. The summed E-state index contributed by atoms with van der Waals surface area (Å²) in [6, 6.07) is 5.02. The van der Waals surface area contributed by atoms with E-state index in [-0.39, 0.29) is 0 Å².